The fourth-order valence-corrected chi connectivity index (χ4v) is 2.53. The van der Waals surface area contributed by atoms with Crippen LogP contribution in [0.1, 0.15) is 53.3 Å². The Morgan fingerprint density at radius 1 is 0.750 bits per heavy atom. The fourth-order valence-electron chi connectivity index (χ4n) is 2.53. The molecule has 0 atom stereocenters. The highest BCUT2D eigenvalue weighted by Gasteiger charge is 2.11. The van der Waals surface area contributed by atoms with Gasteiger partial charge in [-0.25, -0.2) is 14.4 Å². The maximum Gasteiger partial charge on any atom is 0.343 e. The zero-order valence-electron chi connectivity index (χ0n) is 18.2. The number of unbranched alkanes of at least 4 members (excludes halogenated alkanes) is 2. The largest absolute Gasteiger partial charge is 0.494 e. The highest BCUT2D eigenvalue weighted by Crippen LogP contribution is 2.17. The van der Waals surface area contributed by atoms with Crippen molar-refractivity contribution in [1.82, 2.24) is 0 Å². The molecule has 0 amide bonds. The van der Waals surface area contributed by atoms with Crippen molar-refractivity contribution >= 4 is 17.9 Å². The Bertz CT molecular complexity index is 886. The van der Waals surface area contributed by atoms with Crippen molar-refractivity contribution < 1.29 is 33.3 Å². The predicted molar refractivity (Wildman–Crippen MR) is 119 cm³/mol. The van der Waals surface area contributed by atoms with Crippen LogP contribution in [0.2, 0.25) is 0 Å². The Morgan fingerprint density at radius 2 is 1.31 bits per heavy atom. The number of esters is 3. The average Bonchev–Trinajstić information content (AvgIpc) is 2.82. The molecule has 0 spiro atoms. The van der Waals surface area contributed by atoms with Crippen molar-refractivity contribution in [2.75, 3.05) is 19.8 Å². The third kappa shape index (κ3) is 8.63. The summed E-state index contributed by atoms with van der Waals surface area (Å²) in [5, 5.41) is 0. The van der Waals surface area contributed by atoms with Crippen LogP contribution >= 0.6 is 0 Å². The molecule has 2 rings (SSSR count). The van der Waals surface area contributed by atoms with Crippen LogP contribution in [0.3, 0.4) is 0 Å². The van der Waals surface area contributed by atoms with Crippen molar-refractivity contribution in [3.05, 3.63) is 72.3 Å². The number of hydrogen-bond donors (Lipinski definition) is 0. The van der Waals surface area contributed by atoms with E-state index in [-0.39, 0.29) is 0 Å². The minimum atomic E-state index is -0.515. The van der Waals surface area contributed by atoms with E-state index in [1.807, 2.05) is 6.92 Å². The van der Waals surface area contributed by atoms with Gasteiger partial charge in [-0.3, -0.25) is 0 Å². The molecule has 0 radical (unpaired) electrons. The van der Waals surface area contributed by atoms with Gasteiger partial charge in [0.2, 0.25) is 0 Å². The van der Waals surface area contributed by atoms with Gasteiger partial charge in [0, 0.05) is 6.08 Å². The quantitative estimate of drug-likeness (QED) is 0.192. The lowest BCUT2D eigenvalue weighted by Crippen LogP contribution is -2.09. The number of ether oxygens (including phenoxy) is 4. The minimum Gasteiger partial charge on any atom is -0.494 e. The first-order chi connectivity index (χ1) is 15.5. The molecule has 0 heterocycles. The van der Waals surface area contributed by atoms with Gasteiger partial charge in [0.1, 0.15) is 11.5 Å². The Morgan fingerprint density at radius 3 is 1.94 bits per heavy atom. The van der Waals surface area contributed by atoms with Gasteiger partial charge in [-0.2, -0.15) is 0 Å². The van der Waals surface area contributed by atoms with Crippen LogP contribution in [-0.2, 0) is 14.3 Å². The van der Waals surface area contributed by atoms with Gasteiger partial charge in [-0.15, -0.1) is 0 Å². The minimum absolute atomic E-state index is 0.319. The van der Waals surface area contributed by atoms with Crippen molar-refractivity contribution in [3.63, 3.8) is 0 Å². The van der Waals surface area contributed by atoms with Gasteiger partial charge >= 0.3 is 17.9 Å². The van der Waals surface area contributed by atoms with Crippen LogP contribution in [0, 0.1) is 0 Å². The van der Waals surface area contributed by atoms with Crippen LogP contribution in [0.4, 0.5) is 0 Å². The van der Waals surface area contributed by atoms with E-state index in [0.717, 1.165) is 25.3 Å². The number of carbonyl (C=O) groups excluding carboxylic acids is 3. The van der Waals surface area contributed by atoms with Crippen LogP contribution in [0.25, 0.3) is 0 Å². The lowest BCUT2D eigenvalue weighted by molar-refractivity contribution is -0.137. The van der Waals surface area contributed by atoms with E-state index in [4.69, 9.17) is 18.9 Å². The van der Waals surface area contributed by atoms with Crippen LogP contribution < -0.4 is 9.47 Å². The predicted octanol–water partition coefficient (Wildman–Crippen LogP) is 4.75. The van der Waals surface area contributed by atoms with Gasteiger partial charge in [0.25, 0.3) is 0 Å². The summed E-state index contributed by atoms with van der Waals surface area (Å²) >= 11 is 0. The van der Waals surface area contributed by atoms with Crippen LogP contribution in [-0.4, -0.2) is 37.7 Å². The number of rotatable bonds is 13. The summed E-state index contributed by atoms with van der Waals surface area (Å²) in [6, 6.07) is 12.8. The van der Waals surface area contributed by atoms with Gasteiger partial charge in [-0.05, 0) is 67.8 Å². The SMILES string of the molecule is C=CC(=O)OCCCCOc1ccc(C(=O)Oc2ccc(C(=O)OCCCC)cc2)cc1. The molecule has 0 fully saturated rings. The Labute approximate surface area is 187 Å². The summed E-state index contributed by atoms with van der Waals surface area (Å²) in [6.07, 6.45) is 4.29. The Hall–Kier alpha value is -3.61. The van der Waals surface area contributed by atoms with Crippen molar-refractivity contribution in [3.8, 4) is 11.5 Å². The summed E-state index contributed by atoms with van der Waals surface area (Å²) in [5.41, 5.74) is 0.776. The Balaban J connectivity index is 1.76. The van der Waals surface area contributed by atoms with Crippen molar-refractivity contribution in [2.24, 2.45) is 0 Å². The maximum absolute atomic E-state index is 12.3. The number of carbonyl (C=O) groups is 3. The van der Waals surface area contributed by atoms with Crippen LogP contribution in [0.5, 0.6) is 11.5 Å². The second kappa shape index (κ2) is 13.6. The summed E-state index contributed by atoms with van der Waals surface area (Å²) in [6.45, 7) is 6.52. The number of hydrogen-bond acceptors (Lipinski definition) is 7. The van der Waals surface area contributed by atoms with Crippen molar-refractivity contribution in [1.29, 1.82) is 0 Å². The molecule has 2 aromatic rings. The zero-order valence-corrected chi connectivity index (χ0v) is 18.2. The van der Waals surface area contributed by atoms with Gasteiger partial charge in [0.05, 0.1) is 30.9 Å². The molecule has 7 heteroatoms. The summed E-state index contributed by atoms with van der Waals surface area (Å²) < 4.78 is 21.0. The number of benzene rings is 2. The monoisotopic (exact) mass is 440 g/mol. The molecule has 0 aliphatic heterocycles. The molecule has 32 heavy (non-hydrogen) atoms. The highest BCUT2D eigenvalue weighted by molar-refractivity contribution is 5.92. The third-order valence-electron chi connectivity index (χ3n) is 4.34. The van der Waals surface area contributed by atoms with Crippen LogP contribution in [0.15, 0.2) is 61.2 Å². The standard InChI is InChI=1S/C25H28O7/c1-3-5-16-31-24(27)19-10-14-22(15-11-19)32-25(28)20-8-12-21(13-9-20)29-17-6-7-18-30-23(26)4-2/h4,8-15H,2-3,5-7,16-18H2,1H3. The highest BCUT2D eigenvalue weighted by atomic mass is 16.5. The summed E-state index contributed by atoms with van der Waals surface area (Å²) in [7, 11) is 0. The fraction of sp³-hybridized carbons (Fsp3) is 0.320. The van der Waals surface area contributed by atoms with Gasteiger partial charge in [-0.1, -0.05) is 19.9 Å². The lowest BCUT2D eigenvalue weighted by Gasteiger charge is -2.08. The molecule has 0 saturated heterocycles. The topological polar surface area (TPSA) is 88.1 Å². The smallest absolute Gasteiger partial charge is 0.343 e. The molecule has 170 valence electrons. The third-order valence-corrected chi connectivity index (χ3v) is 4.34. The first-order valence-corrected chi connectivity index (χ1v) is 10.5. The lowest BCUT2D eigenvalue weighted by atomic mass is 10.2. The van der Waals surface area contributed by atoms with Gasteiger partial charge < -0.3 is 18.9 Å². The van der Waals surface area contributed by atoms with E-state index in [1.165, 1.54) is 0 Å². The zero-order chi connectivity index (χ0) is 23.2. The molecule has 0 aliphatic carbocycles. The van der Waals surface area contributed by atoms with E-state index in [2.05, 4.69) is 6.58 Å². The van der Waals surface area contributed by atoms with E-state index in [0.29, 0.717) is 48.9 Å². The van der Waals surface area contributed by atoms with E-state index in [1.54, 1.807) is 48.5 Å². The molecule has 0 bridgehead atoms. The molecular formula is C25H28O7. The normalized spacial score (nSPS) is 10.2. The summed E-state index contributed by atoms with van der Waals surface area (Å²) in [4.78, 5) is 35.2. The Kier molecular flexibility index (Phi) is 10.5. The molecule has 0 aliphatic rings. The van der Waals surface area contributed by atoms with E-state index in [9.17, 15) is 14.4 Å². The van der Waals surface area contributed by atoms with Crippen molar-refractivity contribution in [2.45, 2.75) is 32.6 Å². The molecule has 0 saturated carbocycles. The maximum atomic E-state index is 12.3. The van der Waals surface area contributed by atoms with E-state index >= 15 is 0 Å². The molecule has 2 aromatic carbocycles. The van der Waals surface area contributed by atoms with E-state index < -0.39 is 17.9 Å². The first-order valence-electron chi connectivity index (χ1n) is 10.5. The second-order valence-corrected chi connectivity index (χ2v) is 6.85. The molecule has 0 aromatic heterocycles. The molecule has 7 nitrogen and oxygen atoms in total. The summed E-state index contributed by atoms with van der Waals surface area (Å²) in [5.74, 6) is -0.397. The first kappa shape index (κ1) is 24.7. The molecule has 0 unspecified atom stereocenters. The second-order valence-electron chi connectivity index (χ2n) is 6.85. The average molecular weight is 440 g/mol. The van der Waals surface area contributed by atoms with Gasteiger partial charge in [0.15, 0.2) is 0 Å². The molecule has 0 N–H and O–H groups in total. The molecular weight excluding hydrogens is 412 g/mol.